The lowest BCUT2D eigenvalue weighted by Crippen LogP contribution is -2.30. The van der Waals surface area contributed by atoms with Crippen molar-refractivity contribution in [3.05, 3.63) is 42.0 Å². The number of nitrogens with one attached hydrogen (secondary N) is 1. The Morgan fingerprint density at radius 3 is 2.38 bits per heavy atom. The van der Waals surface area contributed by atoms with Crippen LogP contribution >= 0.6 is 0 Å². The molecule has 1 N–H and O–H groups in total. The first-order valence-corrected chi connectivity index (χ1v) is 9.84. The molecular weight excluding hydrogens is 324 g/mol. The first kappa shape index (κ1) is 16.7. The molecule has 0 aliphatic heterocycles. The zero-order valence-corrected chi connectivity index (χ0v) is 14.3. The van der Waals surface area contributed by atoms with E-state index in [0.29, 0.717) is 5.56 Å². The Kier molecular flexibility index (Phi) is 4.74. The van der Waals surface area contributed by atoms with Crippen LogP contribution in [0.1, 0.15) is 31.2 Å². The summed E-state index contributed by atoms with van der Waals surface area (Å²) in [5, 5.41) is 14.8. The number of hydrogen-bond donors (Lipinski definition) is 1. The number of nitriles is 1. The maximum absolute atomic E-state index is 11.2. The van der Waals surface area contributed by atoms with E-state index in [2.05, 4.69) is 11.4 Å². The molecule has 0 spiro atoms. The fourth-order valence-corrected chi connectivity index (χ4v) is 3.98. The first-order chi connectivity index (χ1) is 11.5. The van der Waals surface area contributed by atoms with Crippen LogP contribution in [0, 0.1) is 11.3 Å². The quantitative estimate of drug-likeness (QED) is 0.860. The summed E-state index contributed by atoms with van der Waals surface area (Å²) in [6.45, 7) is 0. The summed E-state index contributed by atoms with van der Waals surface area (Å²) in [7, 11) is -3.39. The molecule has 126 valence electrons. The van der Waals surface area contributed by atoms with Gasteiger partial charge in [-0.1, -0.05) is 24.3 Å². The smallest absolute Gasteiger partial charge is 0.264 e. The van der Waals surface area contributed by atoms with E-state index in [1.807, 2.05) is 36.4 Å². The Bertz CT molecular complexity index is 879. The second-order valence-corrected chi connectivity index (χ2v) is 7.84. The molecule has 0 heterocycles. The maximum atomic E-state index is 11.2. The lowest BCUT2D eigenvalue weighted by atomic mass is 9.92. The van der Waals surface area contributed by atoms with Crippen molar-refractivity contribution >= 4 is 26.6 Å². The van der Waals surface area contributed by atoms with Crippen LogP contribution in [-0.2, 0) is 14.3 Å². The summed E-state index contributed by atoms with van der Waals surface area (Å²) in [5.41, 5.74) is 1.68. The van der Waals surface area contributed by atoms with Crippen molar-refractivity contribution in [2.45, 2.75) is 37.8 Å². The molecule has 3 rings (SSSR count). The zero-order chi connectivity index (χ0) is 17.2. The molecule has 6 heteroatoms. The topological polar surface area (TPSA) is 79.2 Å². The van der Waals surface area contributed by atoms with Crippen molar-refractivity contribution in [2.24, 2.45) is 0 Å². The normalized spacial score (nSPS) is 21.3. The molecule has 2 aromatic carbocycles. The molecule has 0 atom stereocenters. The van der Waals surface area contributed by atoms with Crippen molar-refractivity contribution in [1.29, 1.82) is 5.26 Å². The van der Waals surface area contributed by atoms with E-state index >= 15 is 0 Å². The van der Waals surface area contributed by atoms with Gasteiger partial charge in [-0.3, -0.25) is 4.18 Å². The summed E-state index contributed by atoms with van der Waals surface area (Å²) in [6, 6.07) is 14.1. The van der Waals surface area contributed by atoms with E-state index in [1.54, 1.807) is 0 Å². The van der Waals surface area contributed by atoms with Gasteiger partial charge in [0.25, 0.3) is 10.1 Å². The SMILES string of the molecule is CS(=O)(=O)O[C@H]1CC[C@H](Nc2ccc(C#N)c3ccccc23)CC1. The Morgan fingerprint density at radius 2 is 1.75 bits per heavy atom. The minimum absolute atomic E-state index is 0.212. The summed E-state index contributed by atoms with van der Waals surface area (Å²) in [4.78, 5) is 0. The largest absolute Gasteiger partial charge is 0.382 e. The van der Waals surface area contributed by atoms with Gasteiger partial charge in [0, 0.05) is 22.5 Å². The van der Waals surface area contributed by atoms with Gasteiger partial charge in [0.05, 0.1) is 24.0 Å². The average molecular weight is 344 g/mol. The predicted molar refractivity (Wildman–Crippen MR) is 94.3 cm³/mol. The summed E-state index contributed by atoms with van der Waals surface area (Å²) in [5.74, 6) is 0. The highest BCUT2D eigenvalue weighted by Crippen LogP contribution is 2.30. The van der Waals surface area contributed by atoms with Crippen LogP contribution < -0.4 is 5.32 Å². The van der Waals surface area contributed by atoms with Gasteiger partial charge in [0.1, 0.15) is 0 Å². The number of benzene rings is 2. The highest BCUT2D eigenvalue weighted by atomic mass is 32.2. The van der Waals surface area contributed by atoms with Gasteiger partial charge in [0.15, 0.2) is 0 Å². The Hall–Kier alpha value is -2.10. The fourth-order valence-electron chi connectivity index (χ4n) is 3.29. The standard InChI is InChI=1S/C18H20N2O3S/c1-24(21,22)23-15-9-7-14(8-10-15)20-18-11-6-13(12-19)16-4-2-3-5-17(16)18/h2-6,11,14-15,20H,7-10H2,1H3/t14-,15-. The Balaban J connectivity index is 1.72. The predicted octanol–water partition coefficient (Wildman–Crippen LogP) is 3.41. The van der Waals surface area contributed by atoms with Crippen molar-refractivity contribution in [1.82, 2.24) is 0 Å². The molecule has 0 radical (unpaired) electrons. The summed E-state index contributed by atoms with van der Waals surface area (Å²) in [6.07, 6.45) is 4.04. The Labute approximate surface area is 142 Å². The van der Waals surface area contributed by atoms with E-state index in [1.165, 1.54) is 0 Å². The van der Waals surface area contributed by atoms with Crippen LogP contribution in [0.4, 0.5) is 5.69 Å². The van der Waals surface area contributed by atoms with Gasteiger partial charge < -0.3 is 5.32 Å². The first-order valence-electron chi connectivity index (χ1n) is 8.03. The van der Waals surface area contributed by atoms with E-state index in [-0.39, 0.29) is 12.1 Å². The molecular formula is C18H20N2O3S. The minimum Gasteiger partial charge on any atom is -0.382 e. The van der Waals surface area contributed by atoms with Crippen LogP contribution in [0.15, 0.2) is 36.4 Å². The molecule has 0 aromatic heterocycles. The van der Waals surface area contributed by atoms with E-state index in [0.717, 1.165) is 48.4 Å². The molecule has 0 bridgehead atoms. The summed E-state index contributed by atoms with van der Waals surface area (Å²) >= 11 is 0. The van der Waals surface area contributed by atoms with E-state index < -0.39 is 10.1 Å². The molecule has 1 aliphatic rings. The molecule has 1 fully saturated rings. The average Bonchev–Trinajstić information content (AvgIpc) is 2.55. The molecule has 24 heavy (non-hydrogen) atoms. The number of nitrogens with zero attached hydrogens (tertiary/aromatic N) is 1. The second kappa shape index (κ2) is 6.80. The summed E-state index contributed by atoms with van der Waals surface area (Å²) < 4.78 is 27.5. The van der Waals surface area contributed by atoms with Gasteiger partial charge in [-0.15, -0.1) is 0 Å². The van der Waals surface area contributed by atoms with Gasteiger partial charge >= 0.3 is 0 Å². The molecule has 0 saturated heterocycles. The zero-order valence-electron chi connectivity index (χ0n) is 13.5. The van der Waals surface area contributed by atoms with Crippen LogP contribution in [0.25, 0.3) is 10.8 Å². The third kappa shape index (κ3) is 3.86. The Morgan fingerprint density at radius 1 is 1.08 bits per heavy atom. The van der Waals surface area contributed by atoms with E-state index in [4.69, 9.17) is 4.18 Å². The molecule has 0 amide bonds. The van der Waals surface area contributed by atoms with Crippen LogP contribution in [0.5, 0.6) is 0 Å². The highest BCUT2D eigenvalue weighted by Gasteiger charge is 2.24. The number of fused-ring (bicyclic) bond motifs is 1. The second-order valence-electron chi connectivity index (χ2n) is 6.24. The number of rotatable bonds is 4. The van der Waals surface area contributed by atoms with Crippen molar-refractivity contribution in [2.75, 3.05) is 11.6 Å². The van der Waals surface area contributed by atoms with Crippen LogP contribution in [0.2, 0.25) is 0 Å². The van der Waals surface area contributed by atoms with Gasteiger partial charge in [0.2, 0.25) is 0 Å². The van der Waals surface area contributed by atoms with Crippen LogP contribution in [0.3, 0.4) is 0 Å². The lowest BCUT2D eigenvalue weighted by molar-refractivity contribution is 0.158. The molecule has 1 saturated carbocycles. The van der Waals surface area contributed by atoms with Gasteiger partial charge in [-0.05, 0) is 37.8 Å². The molecule has 0 unspecified atom stereocenters. The minimum atomic E-state index is -3.39. The van der Waals surface area contributed by atoms with Gasteiger partial charge in [-0.2, -0.15) is 13.7 Å². The maximum Gasteiger partial charge on any atom is 0.264 e. The monoisotopic (exact) mass is 344 g/mol. The molecule has 1 aliphatic carbocycles. The number of anilines is 1. The fraction of sp³-hybridized carbons (Fsp3) is 0.389. The lowest BCUT2D eigenvalue weighted by Gasteiger charge is -2.29. The third-order valence-corrected chi connectivity index (χ3v) is 5.01. The highest BCUT2D eigenvalue weighted by molar-refractivity contribution is 7.86. The number of hydrogen-bond acceptors (Lipinski definition) is 5. The van der Waals surface area contributed by atoms with E-state index in [9.17, 15) is 13.7 Å². The molecule has 2 aromatic rings. The van der Waals surface area contributed by atoms with Crippen molar-refractivity contribution in [3.8, 4) is 6.07 Å². The van der Waals surface area contributed by atoms with Crippen molar-refractivity contribution in [3.63, 3.8) is 0 Å². The van der Waals surface area contributed by atoms with Crippen LogP contribution in [-0.4, -0.2) is 26.8 Å². The van der Waals surface area contributed by atoms with Crippen molar-refractivity contribution < 1.29 is 12.6 Å². The van der Waals surface area contributed by atoms with Gasteiger partial charge in [-0.25, -0.2) is 0 Å². The molecule has 5 nitrogen and oxygen atoms in total. The third-order valence-electron chi connectivity index (χ3n) is 4.39.